The maximum Gasteiger partial charge on any atom is 0.184 e. The number of rotatable bonds is 2. The van der Waals surface area contributed by atoms with E-state index >= 15 is 0 Å². The van der Waals surface area contributed by atoms with Gasteiger partial charge in [-0.1, -0.05) is 0 Å². The van der Waals surface area contributed by atoms with Crippen LogP contribution in [-0.4, -0.2) is 15.8 Å². The van der Waals surface area contributed by atoms with Gasteiger partial charge in [-0.25, -0.2) is 4.39 Å². The van der Waals surface area contributed by atoms with Crippen LogP contribution in [0.2, 0.25) is 0 Å². The van der Waals surface area contributed by atoms with E-state index in [-0.39, 0.29) is 10.9 Å². The second-order valence-corrected chi connectivity index (χ2v) is 2.97. The summed E-state index contributed by atoms with van der Waals surface area (Å²) in [6.07, 6.45) is 1.12. The molecule has 1 aromatic heterocycles. The molecule has 3 N–H and O–H groups in total. The zero-order valence-electron chi connectivity index (χ0n) is 7.49. The smallest absolute Gasteiger partial charge is 0.184 e. The lowest BCUT2D eigenvalue weighted by Crippen LogP contribution is -2.25. The Morgan fingerprint density at radius 2 is 2.36 bits per heavy atom. The summed E-state index contributed by atoms with van der Waals surface area (Å²) in [4.78, 5) is 3.83. The molecule has 14 heavy (non-hydrogen) atoms. The van der Waals surface area contributed by atoms with Gasteiger partial charge in [0.25, 0.3) is 0 Å². The van der Waals surface area contributed by atoms with Gasteiger partial charge in [-0.05, 0) is 31.3 Å². The van der Waals surface area contributed by atoms with Gasteiger partial charge in [0, 0.05) is 0 Å². The van der Waals surface area contributed by atoms with Gasteiger partial charge in [-0.2, -0.15) is 5.10 Å². The van der Waals surface area contributed by atoms with Gasteiger partial charge in [0.2, 0.25) is 0 Å². The van der Waals surface area contributed by atoms with Crippen LogP contribution in [-0.2, 0) is 0 Å². The predicted octanol–water partition coefficient (Wildman–Crippen LogP) is 0.778. The van der Waals surface area contributed by atoms with Gasteiger partial charge in [-0.3, -0.25) is 10.4 Å². The van der Waals surface area contributed by atoms with Gasteiger partial charge in [-0.15, -0.1) is 0 Å². The third-order valence-electron chi connectivity index (χ3n) is 1.43. The quantitative estimate of drug-likeness (QED) is 0.432. The van der Waals surface area contributed by atoms with Crippen molar-refractivity contribution in [2.24, 2.45) is 10.8 Å². The third kappa shape index (κ3) is 3.06. The van der Waals surface area contributed by atoms with Gasteiger partial charge in [0.05, 0.1) is 17.6 Å². The van der Waals surface area contributed by atoms with Crippen molar-refractivity contribution in [1.29, 1.82) is 0 Å². The summed E-state index contributed by atoms with van der Waals surface area (Å²) in [5, 5.41) is 3.91. The number of nitrogens with two attached hydrogens (primary N) is 1. The highest BCUT2D eigenvalue weighted by molar-refractivity contribution is 7.80. The highest BCUT2D eigenvalue weighted by Crippen LogP contribution is 1.99. The molecule has 0 saturated heterocycles. The monoisotopic (exact) mass is 212 g/mol. The van der Waals surface area contributed by atoms with E-state index in [1.165, 1.54) is 12.1 Å². The van der Waals surface area contributed by atoms with Crippen molar-refractivity contribution in [3.8, 4) is 0 Å². The van der Waals surface area contributed by atoms with Crippen LogP contribution in [0.4, 0.5) is 4.39 Å². The van der Waals surface area contributed by atoms with Crippen LogP contribution in [0.3, 0.4) is 0 Å². The first-order valence-corrected chi connectivity index (χ1v) is 4.22. The molecule has 0 aromatic carbocycles. The fourth-order valence-corrected chi connectivity index (χ4v) is 0.832. The molecule has 0 amide bonds. The first-order valence-electron chi connectivity index (χ1n) is 3.81. The molecule has 0 aliphatic rings. The lowest BCUT2D eigenvalue weighted by atomic mass is 10.2. The van der Waals surface area contributed by atoms with Gasteiger partial charge >= 0.3 is 0 Å². The minimum Gasteiger partial charge on any atom is -0.375 e. The molecule has 6 heteroatoms. The zero-order valence-corrected chi connectivity index (χ0v) is 8.31. The maximum atomic E-state index is 12.5. The summed E-state index contributed by atoms with van der Waals surface area (Å²) >= 11 is 4.56. The Bertz CT molecular complexity index is 360. The fraction of sp³-hybridized carbons (Fsp3) is 0.125. The van der Waals surface area contributed by atoms with Crippen LogP contribution in [0, 0.1) is 5.82 Å². The number of halogens is 1. The molecule has 0 saturated carbocycles. The number of hydrogen-bond acceptors (Lipinski definition) is 3. The third-order valence-corrected chi connectivity index (χ3v) is 1.52. The molecule has 4 nitrogen and oxygen atoms in total. The lowest BCUT2D eigenvalue weighted by Gasteiger charge is -2.00. The van der Waals surface area contributed by atoms with E-state index in [1.807, 2.05) is 0 Å². The van der Waals surface area contributed by atoms with Crippen molar-refractivity contribution in [2.75, 3.05) is 0 Å². The molecular weight excluding hydrogens is 203 g/mol. The SMILES string of the molecule is C/C(=N\NC(N)=S)c1ccc(F)cn1. The molecule has 0 fully saturated rings. The average molecular weight is 212 g/mol. The standard InChI is InChI=1S/C8H9FN4S/c1-5(12-13-8(10)14)7-3-2-6(9)4-11-7/h2-4H,1H3,(H3,10,13,14)/b12-5+. The Hall–Kier alpha value is -1.56. The summed E-state index contributed by atoms with van der Waals surface area (Å²) < 4.78 is 12.5. The molecule has 1 heterocycles. The highest BCUT2D eigenvalue weighted by atomic mass is 32.1. The van der Waals surface area contributed by atoms with Crippen molar-refractivity contribution in [2.45, 2.75) is 6.92 Å². The van der Waals surface area contributed by atoms with E-state index in [0.717, 1.165) is 6.20 Å². The van der Waals surface area contributed by atoms with Crippen molar-refractivity contribution >= 4 is 23.0 Å². The number of aromatic nitrogens is 1. The Labute approximate surface area is 86.0 Å². The topological polar surface area (TPSA) is 63.3 Å². The van der Waals surface area contributed by atoms with E-state index in [4.69, 9.17) is 5.73 Å². The molecule has 0 aliphatic carbocycles. The van der Waals surface area contributed by atoms with Crippen LogP contribution in [0.25, 0.3) is 0 Å². The number of nitrogens with one attached hydrogen (secondary N) is 1. The molecule has 0 unspecified atom stereocenters. The minimum absolute atomic E-state index is 0.0754. The van der Waals surface area contributed by atoms with Gasteiger partial charge in [0.1, 0.15) is 5.82 Å². The normalized spacial score (nSPS) is 11.1. The molecule has 74 valence electrons. The van der Waals surface area contributed by atoms with Gasteiger partial charge in [0.15, 0.2) is 5.11 Å². The van der Waals surface area contributed by atoms with Crippen molar-refractivity contribution in [1.82, 2.24) is 10.4 Å². The van der Waals surface area contributed by atoms with Crippen molar-refractivity contribution in [3.63, 3.8) is 0 Å². The maximum absolute atomic E-state index is 12.5. The van der Waals surface area contributed by atoms with E-state index in [2.05, 4.69) is 27.7 Å². The number of hydrazone groups is 1. The van der Waals surface area contributed by atoms with Crippen LogP contribution in [0.1, 0.15) is 12.6 Å². The average Bonchev–Trinajstić information content (AvgIpc) is 2.15. The molecule has 1 aromatic rings. The van der Waals surface area contributed by atoms with Crippen LogP contribution in [0.15, 0.2) is 23.4 Å². The molecule has 0 aliphatic heterocycles. The summed E-state index contributed by atoms with van der Waals surface area (Å²) in [6.45, 7) is 1.71. The first kappa shape index (κ1) is 10.5. The Kier molecular flexibility index (Phi) is 3.47. The molecule has 0 spiro atoms. The number of hydrogen-bond donors (Lipinski definition) is 2. The summed E-state index contributed by atoms with van der Waals surface area (Å²) in [6, 6.07) is 2.83. The van der Waals surface area contributed by atoms with E-state index in [1.54, 1.807) is 6.92 Å². The minimum atomic E-state index is -0.385. The molecular formula is C8H9FN4S. The summed E-state index contributed by atoms with van der Waals surface area (Å²) in [5.74, 6) is -0.385. The summed E-state index contributed by atoms with van der Waals surface area (Å²) in [7, 11) is 0. The second kappa shape index (κ2) is 4.61. The number of thiocarbonyl (C=S) groups is 1. The zero-order chi connectivity index (χ0) is 10.6. The van der Waals surface area contributed by atoms with Gasteiger partial charge < -0.3 is 5.73 Å². The lowest BCUT2D eigenvalue weighted by molar-refractivity contribution is 0.621. The molecule has 0 bridgehead atoms. The Morgan fingerprint density at radius 1 is 1.64 bits per heavy atom. The van der Waals surface area contributed by atoms with E-state index in [9.17, 15) is 4.39 Å². The summed E-state index contributed by atoms with van der Waals surface area (Å²) in [5.41, 5.74) is 8.74. The number of nitrogens with zero attached hydrogens (tertiary/aromatic N) is 2. The van der Waals surface area contributed by atoms with E-state index in [0.29, 0.717) is 11.4 Å². The number of pyridine rings is 1. The van der Waals surface area contributed by atoms with E-state index < -0.39 is 0 Å². The largest absolute Gasteiger partial charge is 0.375 e. The first-order chi connectivity index (χ1) is 6.59. The van der Waals surface area contributed by atoms with Crippen molar-refractivity contribution in [3.05, 3.63) is 29.8 Å². The Morgan fingerprint density at radius 3 is 2.86 bits per heavy atom. The van der Waals surface area contributed by atoms with Crippen molar-refractivity contribution < 1.29 is 4.39 Å². The van der Waals surface area contributed by atoms with Crippen LogP contribution in [0.5, 0.6) is 0 Å². The fourth-order valence-electron chi connectivity index (χ4n) is 0.786. The van der Waals surface area contributed by atoms with Crippen LogP contribution >= 0.6 is 12.2 Å². The molecule has 0 radical (unpaired) electrons. The second-order valence-electron chi connectivity index (χ2n) is 2.53. The molecule has 0 atom stereocenters. The molecule has 1 rings (SSSR count). The Balaban J connectivity index is 2.78. The predicted molar refractivity (Wildman–Crippen MR) is 56.3 cm³/mol. The highest BCUT2D eigenvalue weighted by Gasteiger charge is 1.98. The van der Waals surface area contributed by atoms with Crippen LogP contribution < -0.4 is 11.2 Å².